The van der Waals surface area contributed by atoms with Crippen LogP contribution in [-0.2, 0) is 19.1 Å². The van der Waals surface area contributed by atoms with Crippen LogP contribution in [0.5, 0.6) is 0 Å². The monoisotopic (exact) mass is 551 g/mol. The van der Waals surface area contributed by atoms with E-state index in [1.54, 1.807) is 11.9 Å². The van der Waals surface area contributed by atoms with Crippen LogP contribution in [0.3, 0.4) is 0 Å². The summed E-state index contributed by atoms with van der Waals surface area (Å²) in [5.41, 5.74) is -0.727. The normalized spacial score (nSPS) is 17.6. The number of ether oxygens (including phenoxy) is 1. The maximum atomic E-state index is 14.0. The lowest BCUT2D eigenvalue weighted by Crippen LogP contribution is -2.51. The lowest BCUT2D eigenvalue weighted by molar-refractivity contribution is -0.149. The molecule has 1 aromatic rings. The number of likely N-dealkylation sites (tertiary alicyclic amines) is 1. The van der Waals surface area contributed by atoms with Gasteiger partial charge < -0.3 is 14.7 Å². The lowest BCUT2D eigenvalue weighted by atomic mass is 9.81. The van der Waals surface area contributed by atoms with Gasteiger partial charge in [-0.3, -0.25) is 19.3 Å². The number of carboxylic acid groups (broad SMARTS) is 1. The van der Waals surface area contributed by atoms with E-state index >= 15 is 0 Å². The molecule has 0 radical (unpaired) electrons. The number of carboxylic acids is 1. The van der Waals surface area contributed by atoms with Gasteiger partial charge in [0.25, 0.3) is 0 Å². The molecule has 4 atom stereocenters. The molecule has 0 unspecified atom stereocenters. The van der Waals surface area contributed by atoms with Gasteiger partial charge in [-0.2, -0.15) is 0 Å². The van der Waals surface area contributed by atoms with Crippen molar-refractivity contribution >= 4 is 35.0 Å². The first-order chi connectivity index (χ1) is 17.7. The van der Waals surface area contributed by atoms with Crippen LogP contribution < -0.4 is 0 Å². The Morgan fingerprint density at radius 1 is 1.18 bits per heavy atom. The number of carbonyl (C=O) groups excluding carboxylic acids is 3. The van der Waals surface area contributed by atoms with Gasteiger partial charge in [-0.25, -0.2) is 9.78 Å². The molecule has 1 aliphatic heterocycles. The van der Waals surface area contributed by atoms with Crippen molar-refractivity contribution in [2.75, 3.05) is 20.1 Å². The number of nitrogens with zero attached hydrogens (tertiary/aromatic N) is 3. The average Bonchev–Trinajstić information content (AvgIpc) is 3.56. The number of rotatable bonds is 14. The molecule has 38 heavy (non-hydrogen) atoms. The summed E-state index contributed by atoms with van der Waals surface area (Å²) in [6.45, 7) is 15.0. The predicted octanol–water partition coefficient (Wildman–Crippen LogP) is 4.81. The third kappa shape index (κ3) is 7.85. The lowest BCUT2D eigenvalue weighted by Gasteiger charge is -2.38. The molecule has 2 rings (SSSR count). The van der Waals surface area contributed by atoms with E-state index in [0.717, 1.165) is 43.7 Å². The fourth-order valence-corrected chi connectivity index (χ4v) is 6.01. The zero-order valence-electron chi connectivity index (χ0n) is 24.2. The first kappa shape index (κ1) is 31.9. The zero-order valence-corrected chi connectivity index (χ0v) is 25.0. The summed E-state index contributed by atoms with van der Waals surface area (Å²) in [7, 11) is 1.74. The smallest absolute Gasteiger partial charge is 0.355 e. The van der Waals surface area contributed by atoms with Crippen LogP contribution in [0.2, 0.25) is 0 Å². The van der Waals surface area contributed by atoms with E-state index in [0.29, 0.717) is 5.01 Å². The molecule has 1 N–H and O–H groups in total. The van der Waals surface area contributed by atoms with Gasteiger partial charge in [0.15, 0.2) is 17.6 Å². The quantitative estimate of drug-likeness (QED) is 0.327. The third-order valence-electron chi connectivity index (χ3n) is 8.03. The molecule has 214 valence electrons. The van der Waals surface area contributed by atoms with Gasteiger partial charge in [0, 0.05) is 44.2 Å². The van der Waals surface area contributed by atoms with Crippen LogP contribution in [0.4, 0.5) is 0 Å². The third-order valence-corrected chi connectivity index (χ3v) is 8.96. The maximum absolute atomic E-state index is 14.0. The van der Waals surface area contributed by atoms with Crippen molar-refractivity contribution in [2.45, 2.75) is 98.3 Å². The number of amides is 1. The number of hydrogen-bond donors (Lipinski definition) is 1. The molecule has 1 saturated heterocycles. The van der Waals surface area contributed by atoms with E-state index in [1.165, 1.54) is 12.3 Å². The molecule has 0 aliphatic carbocycles. The van der Waals surface area contributed by atoms with Crippen molar-refractivity contribution in [3.05, 3.63) is 16.1 Å². The van der Waals surface area contributed by atoms with Gasteiger partial charge in [0.05, 0.1) is 5.54 Å². The highest BCUT2D eigenvalue weighted by atomic mass is 32.1. The van der Waals surface area contributed by atoms with E-state index in [9.17, 15) is 24.3 Å². The molecule has 1 aromatic heterocycles. The summed E-state index contributed by atoms with van der Waals surface area (Å²) >= 11 is 1.12. The minimum atomic E-state index is -1.15. The Kier molecular flexibility index (Phi) is 11.4. The van der Waals surface area contributed by atoms with Gasteiger partial charge in [-0.15, -0.1) is 11.3 Å². The Labute approximate surface area is 230 Å². The summed E-state index contributed by atoms with van der Waals surface area (Å²) in [5.74, 6) is -2.13. The van der Waals surface area contributed by atoms with Crippen LogP contribution in [0, 0.1) is 17.8 Å². The molecule has 10 heteroatoms. The summed E-state index contributed by atoms with van der Waals surface area (Å²) in [6, 6.07) is -0.322. The Balaban J connectivity index is 2.29. The van der Waals surface area contributed by atoms with Crippen LogP contribution in [0.15, 0.2) is 5.38 Å². The number of Topliss-reactive ketones (excluding diaryl/α,β-unsaturated/α-hetero) is 1. The summed E-state index contributed by atoms with van der Waals surface area (Å²) in [5, 5.41) is 11.1. The topological polar surface area (TPSA) is 117 Å². The predicted molar refractivity (Wildman–Crippen MR) is 147 cm³/mol. The molecule has 0 saturated carbocycles. The molecule has 1 amide bonds. The fraction of sp³-hybridized carbons (Fsp3) is 0.750. The first-order valence-electron chi connectivity index (χ1n) is 13.6. The van der Waals surface area contributed by atoms with Gasteiger partial charge in [-0.1, -0.05) is 34.1 Å². The van der Waals surface area contributed by atoms with Crippen LogP contribution >= 0.6 is 11.3 Å². The molecule has 9 nitrogen and oxygen atoms in total. The van der Waals surface area contributed by atoms with E-state index in [4.69, 9.17) is 4.74 Å². The first-order valence-corrected chi connectivity index (χ1v) is 14.5. The van der Waals surface area contributed by atoms with Crippen LogP contribution in [0.1, 0.15) is 102 Å². The summed E-state index contributed by atoms with van der Waals surface area (Å²) in [6.07, 6.45) is 2.59. The van der Waals surface area contributed by atoms with Crippen molar-refractivity contribution in [3.8, 4) is 0 Å². The SMILES string of the molecule is CC[C@H](C)[C@H](CC(=O)C(C)(C)N1CCCC1)C(=O)N(C)[C@H](C[C@@H](OC(C)=O)c1nc(C(=O)O)cs1)C(C)C. The van der Waals surface area contributed by atoms with Crippen molar-refractivity contribution in [1.82, 2.24) is 14.8 Å². The second kappa shape index (κ2) is 13.6. The standard InChI is InChI=1S/C28H45N3O6S/c1-9-18(4)20(14-24(33)28(6,7)31-12-10-11-13-31)26(34)30(8)22(17(2)3)15-23(37-19(5)32)25-29-21(16-38-25)27(35)36/h16-18,20,22-23H,9-15H2,1-8H3,(H,35,36)/t18-,20-,22+,23+/m0/s1. The number of aromatic carboxylic acids is 1. The van der Waals surface area contributed by atoms with E-state index in [2.05, 4.69) is 9.88 Å². The molecule has 0 bridgehead atoms. The highest BCUT2D eigenvalue weighted by Gasteiger charge is 2.41. The van der Waals surface area contributed by atoms with Crippen molar-refractivity contribution in [3.63, 3.8) is 0 Å². The minimum absolute atomic E-state index is 0.00948. The highest BCUT2D eigenvalue weighted by Crippen LogP contribution is 2.33. The maximum Gasteiger partial charge on any atom is 0.355 e. The number of carbonyl (C=O) groups is 4. The second-order valence-electron chi connectivity index (χ2n) is 11.3. The second-order valence-corrected chi connectivity index (χ2v) is 12.2. The molecule has 0 aromatic carbocycles. The number of aromatic nitrogens is 1. The molecule has 1 aliphatic rings. The molecule has 0 spiro atoms. The highest BCUT2D eigenvalue weighted by molar-refractivity contribution is 7.09. The Bertz CT molecular complexity index is 985. The zero-order chi connectivity index (χ0) is 28.8. The Morgan fingerprint density at radius 2 is 1.79 bits per heavy atom. The number of thiazole rings is 1. The van der Waals surface area contributed by atoms with Gasteiger partial charge in [-0.05, 0) is 51.6 Å². The summed E-state index contributed by atoms with van der Waals surface area (Å²) in [4.78, 5) is 58.8. The Hall–Kier alpha value is -2.33. The van der Waals surface area contributed by atoms with Gasteiger partial charge in [0.1, 0.15) is 5.01 Å². The van der Waals surface area contributed by atoms with Crippen molar-refractivity contribution in [1.29, 1.82) is 0 Å². The average molecular weight is 552 g/mol. The van der Waals surface area contributed by atoms with E-state index in [1.807, 2.05) is 41.5 Å². The molecular formula is C28H45N3O6S. The van der Waals surface area contributed by atoms with Crippen LogP contribution in [-0.4, -0.2) is 75.2 Å². The molecular weight excluding hydrogens is 506 g/mol. The Morgan fingerprint density at radius 3 is 2.26 bits per heavy atom. The van der Waals surface area contributed by atoms with E-state index < -0.39 is 29.5 Å². The van der Waals surface area contributed by atoms with E-state index in [-0.39, 0.29) is 48.1 Å². The van der Waals surface area contributed by atoms with Gasteiger partial charge >= 0.3 is 11.9 Å². The number of esters is 1. The van der Waals surface area contributed by atoms with Crippen molar-refractivity contribution < 1.29 is 29.0 Å². The minimum Gasteiger partial charge on any atom is -0.476 e. The number of ketones is 1. The van der Waals surface area contributed by atoms with Crippen molar-refractivity contribution in [2.24, 2.45) is 17.8 Å². The summed E-state index contributed by atoms with van der Waals surface area (Å²) < 4.78 is 5.55. The van der Waals surface area contributed by atoms with Crippen LogP contribution in [0.25, 0.3) is 0 Å². The molecule has 1 fully saturated rings. The largest absolute Gasteiger partial charge is 0.476 e. The number of hydrogen-bond acceptors (Lipinski definition) is 8. The fourth-order valence-electron chi connectivity index (χ4n) is 5.17. The van der Waals surface area contributed by atoms with Gasteiger partial charge in [0.2, 0.25) is 5.91 Å². The molecule has 2 heterocycles.